The number of thioether (sulfide) groups is 1. The topological polar surface area (TPSA) is 496 Å². The number of hydrogen-bond donors (Lipinski definition) is 14. The summed E-state index contributed by atoms with van der Waals surface area (Å²) in [7, 11) is -14.3. The molecule has 79 heavy (non-hydrogen) atoms. The third kappa shape index (κ3) is 20.9. The number of nitrogens with one attached hydrogen (secondary N) is 5. The van der Waals surface area contributed by atoms with Crippen LogP contribution >= 0.6 is 56.8 Å². The molecule has 0 aliphatic carbocycles. The lowest BCUT2D eigenvalue weighted by molar-refractivity contribution is -0.148. The van der Waals surface area contributed by atoms with E-state index < -0.39 is 120 Å². The SMILES string of the molecule is CC(C)(CCC(NC(=O)CCC/C=C/[C@@H]1SC[C@@H]2NC(=O)N[C@@H]21)C(=O)NC(CC(=O)O)C(=O)NC(CC(=O)O)C(=O)O)SSCOCC#Cc1cn(C2CC(O)C(COP(=O)(O)OP(=O)(O)OP(=O)(O)O)O2)c2ncnc(N)c12. The number of hydrogen-bond acceptors (Lipinski definition) is 22. The highest BCUT2D eigenvalue weighted by Crippen LogP contribution is 2.66. The smallest absolute Gasteiger partial charge is 0.481 e. The molecule has 3 aliphatic heterocycles. The first-order chi connectivity index (χ1) is 36.9. The van der Waals surface area contributed by atoms with Gasteiger partial charge < -0.3 is 86.4 Å². The van der Waals surface area contributed by atoms with Crippen LogP contribution in [0, 0.1) is 11.8 Å². The number of fused-ring (bicyclic) bond motifs is 2. The normalized spacial score (nSPS) is 22.7. The number of ether oxygens (including phenoxy) is 2. The molecule has 38 heteroatoms. The van der Waals surface area contributed by atoms with Crippen LogP contribution in [0.2, 0.25) is 0 Å². The lowest BCUT2D eigenvalue weighted by Gasteiger charge is -2.27. The molecule has 0 spiro atoms. The van der Waals surface area contributed by atoms with Crippen molar-refractivity contribution in [3.05, 3.63) is 30.2 Å². The fourth-order valence-electron chi connectivity index (χ4n) is 7.86. The van der Waals surface area contributed by atoms with E-state index in [-0.39, 0.29) is 73.1 Å². The molecule has 3 aliphatic rings. The van der Waals surface area contributed by atoms with Gasteiger partial charge in [0.15, 0.2) is 0 Å². The summed E-state index contributed by atoms with van der Waals surface area (Å²) in [6, 6.07) is -5.40. The van der Waals surface area contributed by atoms with Crippen molar-refractivity contribution >= 4 is 115 Å². The van der Waals surface area contributed by atoms with Crippen LogP contribution in [0.1, 0.15) is 77.0 Å². The molecule has 5 heterocycles. The number of rotatable bonds is 31. The quantitative estimate of drug-likeness (QED) is 0.00937. The van der Waals surface area contributed by atoms with Crippen molar-refractivity contribution in [1.82, 2.24) is 41.1 Å². The molecule has 2 aromatic rings. The number of carbonyl (C=O) groups excluding carboxylic acids is 4. The minimum Gasteiger partial charge on any atom is -0.481 e. The summed E-state index contributed by atoms with van der Waals surface area (Å²) >= 11 is 1.68. The summed E-state index contributed by atoms with van der Waals surface area (Å²) in [6.07, 6.45) is 1.63. The highest BCUT2D eigenvalue weighted by Gasteiger charge is 2.44. The molecule has 3 fully saturated rings. The Labute approximate surface area is 461 Å². The summed E-state index contributed by atoms with van der Waals surface area (Å²) in [5.74, 6) is -0.977. The van der Waals surface area contributed by atoms with Crippen LogP contribution in [0.25, 0.3) is 11.0 Å². The molecule has 8 unspecified atom stereocenters. The number of phosphoric ester groups is 1. The average Bonchev–Trinajstić information content (AvgIpc) is 4.15. The van der Waals surface area contributed by atoms with Crippen LogP contribution in [0.15, 0.2) is 24.7 Å². The summed E-state index contributed by atoms with van der Waals surface area (Å²) in [5, 5.41) is 51.7. The average molecular weight is 1230 g/mol. The van der Waals surface area contributed by atoms with Gasteiger partial charge >= 0.3 is 47.4 Å². The maximum atomic E-state index is 13.8. The third-order valence-electron chi connectivity index (χ3n) is 11.4. The van der Waals surface area contributed by atoms with E-state index in [9.17, 15) is 72.4 Å². The van der Waals surface area contributed by atoms with Crippen LogP contribution in [0.4, 0.5) is 10.6 Å². The van der Waals surface area contributed by atoms with E-state index in [0.717, 1.165) is 12.1 Å². The lowest BCUT2D eigenvalue weighted by Crippen LogP contribution is -2.56. The van der Waals surface area contributed by atoms with E-state index in [1.165, 1.54) is 32.4 Å². The van der Waals surface area contributed by atoms with E-state index in [0.29, 0.717) is 23.8 Å². The van der Waals surface area contributed by atoms with Crippen LogP contribution in [0.3, 0.4) is 0 Å². The Morgan fingerprint density at radius 1 is 0.987 bits per heavy atom. The van der Waals surface area contributed by atoms with Crippen LogP contribution in [-0.2, 0) is 65.1 Å². The minimum atomic E-state index is -5.79. The number of carboxylic acids is 3. The monoisotopic (exact) mass is 1230 g/mol. The number of carbonyl (C=O) groups is 7. The number of allylic oxidation sites excluding steroid dienone is 1. The van der Waals surface area contributed by atoms with Gasteiger partial charge in [-0.1, -0.05) is 45.6 Å². The van der Waals surface area contributed by atoms with Gasteiger partial charge in [0.25, 0.3) is 0 Å². The van der Waals surface area contributed by atoms with Crippen molar-refractivity contribution < 1.29 is 110 Å². The number of nitrogens with zero attached hydrogens (tertiary/aromatic N) is 3. The van der Waals surface area contributed by atoms with E-state index in [4.69, 9.17) is 30.1 Å². The number of aliphatic hydroxyl groups is 1. The predicted octanol–water partition coefficient (Wildman–Crippen LogP) is 0.651. The first-order valence-corrected chi connectivity index (χ1v) is 31.3. The van der Waals surface area contributed by atoms with Gasteiger partial charge in [-0.25, -0.2) is 33.3 Å². The Morgan fingerprint density at radius 3 is 2.35 bits per heavy atom. The zero-order valence-corrected chi connectivity index (χ0v) is 46.8. The molecule has 0 bridgehead atoms. The largest absolute Gasteiger partial charge is 0.490 e. The number of aromatic nitrogens is 3. The predicted molar refractivity (Wildman–Crippen MR) is 279 cm³/mol. The van der Waals surface area contributed by atoms with Gasteiger partial charge in [0.1, 0.15) is 60.8 Å². The fraction of sp³-hybridized carbons (Fsp3) is 0.585. The Kier molecular flexibility index (Phi) is 23.6. The van der Waals surface area contributed by atoms with Gasteiger partial charge in [-0.3, -0.25) is 28.5 Å². The van der Waals surface area contributed by atoms with Gasteiger partial charge in [-0.05, 0) is 39.5 Å². The zero-order chi connectivity index (χ0) is 58.5. The molecule has 5 rings (SSSR count). The number of nitrogen functional groups attached to an aromatic ring is 1. The van der Waals surface area contributed by atoms with Crippen molar-refractivity contribution in [3.8, 4) is 11.8 Å². The standard InChI is InChI=1S/C41H58N9O23P3S3/c1-41(2,79-78-20-69-12-6-7-21-16-50(36-33(21)35(42)43-19-44-36)30-15-26(51)27(71-30)17-70-75(65,66)73-76(67,68)72-74(62,63)64)11-10-22(37(57)46-23(13-31(53)54)38(58)47-24(39(59)60)14-32(55)56)45-29(52)9-5-3-4-8-28-34-25(18-77-28)48-40(61)49-34/h4,8,16,19,22-28,30,34,51H,3,5,9-15,17-18,20H2,1-2H3,(H,45,52)(H,46,57)(H,47,58)(H,53,54)(H,55,56)(H,59,60)(H,65,66)(H,67,68)(H2,42,43,44)(H2,48,49,61)(H2,62,63,64)/b8-4+/t22?,23?,24?,25-,26?,27?,28-,30?,34-/m0/s1. The summed E-state index contributed by atoms with van der Waals surface area (Å²) in [6.45, 7) is 2.67. The summed E-state index contributed by atoms with van der Waals surface area (Å²) in [4.78, 5) is 132. The van der Waals surface area contributed by atoms with Crippen LogP contribution in [0.5, 0.6) is 0 Å². The second-order valence-electron chi connectivity index (χ2n) is 18.1. The lowest BCUT2D eigenvalue weighted by atomic mass is 10.0. The van der Waals surface area contributed by atoms with Gasteiger partial charge in [0.2, 0.25) is 17.7 Å². The molecule has 0 radical (unpaired) electrons. The number of amides is 5. The maximum Gasteiger partial charge on any atom is 0.490 e. The number of aliphatic hydroxyl groups excluding tert-OH is 1. The molecule has 3 saturated heterocycles. The van der Waals surface area contributed by atoms with Gasteiger partial charge in [0, 0.05) is 34.8 Å². The van der Waals surface area contributed by atoms with Gasteiger partial charge in [-0.2, -0.15) is 8.62 Å². The second-order valence-corrected chi connectivity index (χ2v) is 26.7. The Balaban J connectivity index is 1.16. The maximum absolute atomic E-state index is 13.8. The Morgan fingerprint density at radius 2 is 1.67 bits per heavy atom. The molecular weight excluding hydrogens is 1180 g/mol. The third-order valence-corrected chi connectivity index (χ3v) is 19.7. The number of anilines is 1. The number of unbranched alkanes of at least 4 members (excludes halogenated alkanes) is 1. The highest BCUT2D eigenvalue weighted by molar-refractivity contribution is 8.77. The van der Waals surface area contributed by atoms with E-state index in [2.05, 4.69) is 56.2 Å². The second kappa shape index (κ2) is 28.7. The number of nitrogens with two attached hydrogens (primary N) is 1. The fourth-order valence-corrected chi connectivity index (χ4v) is 14.6. The van der Waals surface area contributed by atoms with Crippen molar-refractivity contribution in [1.29, 1.82) is 0 Å². The Bertz CT molecular complexity index is 2830. The van der Waals surface area contributed by atoms with Crippen LogP contribution < -0.4 is 32.3 Å². The van der Waals surface area contributed by atoms with E-state index >= 15 is 0 Å². The van der Waals surface area contributed by atoms with Crippen LogP contribution in [-0.4, -0.2) is 174 Å². The molecule has 11 atom stereocenters. The molecule has 5 amide bonds. The van der Waals surface area contributed by atoms with E-state index in [1.807, 2.05) is 31.3 Å². The zero-order valence-electron chi connectivity index (χ0n) is 41.7. The van der Waals surface area contributed by atoms with Crippen molar-refractivity contribution in [3.63, 3.8) is 0 Å². The minimum absolute atomic E-state index is 0.0186. The molecule has 438 valence electrons. The summed E-state index contributed by atoms with van der Waals surface area (Å²) < 4.78 is 59.2. The molecule has 15 N–H and O–H groups in total. The number of phosphoric acid groups is 3. The highest BCUT2D eigenvalue weighted by atomic mass is 33.1. The first kappa shape index (κ1) is 65.0. The molecule has 0 aromatic carbocycles. The Hall–Kier alpha value is -4.85. The summed E-state index contributed by atoms with van der Waals surface area (Å²) in [5.41, 5.74) is 6.69. The molecule has 0 saturated carbocycles. The molecular formula is C41H58N9O23P3S3. The van der Waals surface area contributed by atoms with Gasteiger partial charge in [0.05, 0.1) is 48.6 Å². The number of aliphatic carboxylic acids is 3. The molecule has 2 aromatic heterocycles. The molecule has 32 nitrogen and oxygen atoms in total. The van der Waals surface area contributed by atoms with Crippen molar-refractivity contribution in [2.75, 3.05) is 30.6 Å². The number of carboxylic acid groups (broad SMARTS) is 3. The van der Waals surface area contributed by atoms with Crippen molar-refractivity contribution in [2.45, 2.75) is 124 Å². The van der Waals surface area contributed by atoms with Gasteiger partial charge in [-0.15, -0.1) is 11.8 Å². The van der Waals surface area contributed by atoms with Crippen molar-refractivity contribution in [2.24, 2.45) is 0 Å². The number of urea groups is 1. The first-order valence-electron chi connectivity index (χ1n) is 23.4. The van der Waals surface area contributed by atoms with E-state index in [1.54, 1.807) is 11.8 Å².